The third kappa shape index (κ3) is 4.01. The molecule has 1 amide bonds. The topological polar surface area (TPSA) is 58.4 Å². The van der Waals surface area contributed by atoms with Gasteiger partial charge >= 0.3 is 0 Å². The van der Waals surface area contributed by atoms with Gasteiger partial charge in [-0.25, -0.2) is 4.98 Å². The van der Waals surface area contributed by atoms with Crippen molar-refractivity contribution in [2.24, 2.45) is 0 Å². The molecule has 0 bridgehead atoms. The Kier molecular flexibility index (Phi) is 5.34. The number of carbonyl (C=O) groups is 1. The van der Waals surface area contributed by atoms with Crippen LogP contribution >= 0.6 is 0 Å². The number of aromatic nitrogens is 2. The standard InChI is InChI=1S/C23H26N4O2/c1-17-7-8-18(2)21(15-17)25-11-13-26(14-12-25)22(28)9-10-27-16-24-20-6-4-3-5-19(20)23(27)29/h3-8,15-16H,9-14H2,1-2H3. The third-order valence-corrected chi connectivity index (χ3v) is 5.64. The van der Waals surface area contributed by atoms with E-state index in [0.29, 0.717) is 37.0 Å². The van der Waals surface area contributed by atoms with E-state index in [2.05, 4.69) is 41.9 Å². The van der Waals surface area contributed by atoms with Gasteiger partial charge in [0.2, 0.25) is 5.91 Å². The van der Waals surface area contributed by atoms with Crippen LogP contribution in [0.2, 0.25) is 0 Å². The maximum atomic E-state index is 12.7. The molecule has 2 aromatic carbocycles. The zero-order valence-electron chi connectivity index (χ0n) is 17.0. The van der Waals surface area contributed by atoms with Gasteiger partial charge in [0.05, 0.1) is 17.2 Å². The number of rotatable bonds is 4. The number of anilines is 1. The number of hydrogen-bond donors (Lipinski definition) is 0. The zero-order chi connectivity index (χ0) is 20.4. The van der Waals surface area contributed by atoms with Gasteiger partial charge in [-0.3, -0.25) is 14.2 Å². The molecular formula is C23H26N4O2. The maximum absolute atomic E-state index is 12.7. The van der Waals surface area contributed by atoms with E-state index in [4.69, 9.17) is 0 Å². The van der Waals surface area contributed by atoms with Gasteiger partial charge in [-0.1, -0.05) is 24.3 Å². The first-order valence-electron chi connectivity index (χ1n) is 10.1. The molecule has 0 N–H and O–H groups in total. The highest BCUT2D eigenvalue weighted by Crippen LogP contribution is 2.23. The first-order chi connectivity index (χ1) is 14.0. The summed E-state index contributed by atoms with van der Waals surface area (Å²) in [5.41, 5.74) is 4.36. The molecule has 0 radical (unpaired) electrons. The second-order valence-corrected chi connectivity index (χ2v) is 7.67. The van der Waals surface area contributed by atoms with Crippen LogP contribution in [0.5, 0.6) is 0 Å². The van der Waals surface area contributed by atoms with Crippen molar-refractivity contribution in [2.75, 3.05) is 31.1 Å². The molecule has 0 spiro atoms. The van der Waals surface area contributed by atoms with Crippen LogP contribution in [-0.4, -0.2) is 46.5 Å². The Morgan fingerprint density at radius 1 is 1.03 bits per heavy atom. The van der Waals surface area contributed by atoms with Crippen LogP contribution in [0.3, 0.4) is 0 Å². The highest BCUT2D eigenvalue weighted by atomic mass is 16.2. The minimum atomic E-state index is -0.0943. The first-order valence-corrected chi connectivity index (χ1v) is 10.1. The number of carbonyl (C=O) groups excluding carboxylic acids is 1. The van der Waals surface area contributed by atoms with E-state index < -0.39 is 0 Å². The first kappa shape index (κ1) is 19.2. The molecule has 29 heavy (non-hydrogen) atoms. The SMILES string of the molecule is Cc1ccc(C)c(N2CCN(C(=O)CCn3cnc4ccccc4c3=O)CC2)c1. The molecule has 150 valence electrons. The third-order valence-electron chi connectivity index (χ3n) is 5.64. The number of piperazine rings is 1. The van der Waals surface area contributed by atoms with Gasteiger partial charge in [0.25, 0.3) is 5.56 Å². The molecule has 4 rings (SSSR count). The summed E-state index contributed by atoms with van der Waals surface area (Å²) in [5.74, 6) is 0.0886. The van der Waals surface area contributed by atoms with Crippen molar-refractivity contribution in [1.29, 1.82) is 0 Å². The molecule has 6 nitrogen and oxygen atoms in total. The van der Waals surface area contributed by atoms with E-state index in [0.717, 1.165) is 13.1 Å². The number of benzene rings is 2. The Bertz CT molecular complexity index is 1100. The number of hydrogen-bond acceptors (Lipinski definition) is 4. The van der Waals surface area contributed by atoms with Crippen LogP contribution in [-0.2, 0) is 11.3 Å². The summed E-state index contributed by atoms with van der Waals surface area (Å²) in [6.07, 6.45) is 1.85. The summed E-state index contributed by atoms with van der Waals surface area (Å²) >= 11 is 0. The van der Waals surface area contributed by atoms with Crippen LogP contribution < -0.4 is 10.5 Å². The average Bonchev–Trinajstić information content (AvgIpc) is 2.75. The number of para-hydroxylation sites is 1. The van der Waals surface area contributed by atoms with Crippen molar-refractivity contribution >= 4 is 22.5 Å². The summed E-state index contributed by atoms with van der Waals surface area (Å²) in [7, 11) is 0. The molecule has 2 heterocycles. The largest absolute Gasteiger partial charge is 0.368 e. The van der Waals surface area contributed by atoms with Crippen LogP contribution in [0.1, 0.15) is 17.5 Å². The zero-order valence-corrected chi connectivity index (χ0v) is 17.0. The Labute approximate surface area is 170 Å². The fourth-order valence-electron chi connectivity index (χ4n) is 3.90. The Morgan fingerprint density at radius 2 is 1.79 bits per heavy atom. The average molecular weight is 390 g/mol. The van der Waals surface area contributed by atoms with E-state index in [1.807, 2.05) is 23.1 Å². The van der Waals surface area contributed by atoms with Crippen molar-refractivity contribution in [3.8, 4) is 0 Å². The molecule has 6 heteroatoms. The van der Waals surface area contributed by atoms with Gasteiger partial charge in [-0.05, 0) is 43.2 Å². The van der Waals surface area contributed by atoms with Crippen LogP contribution in [0.4, 0.5) is 5.69 Å². The molecule has 1 fully saturated rings. The fourth-order valence-corrected chi connectivity index (χ4v) is 3.90. The normalized spacial score (nSPS) is 14.4. The molecular weight excluding hydrogens is 364 g/mol. The van der Waals surface area contributed by atoms with Crippen molar-refractivity contribution in [2.45, 2.75) is 26.8 Å². The molecule has 1 aliphatic rings. The van der Waals surface area contributed by atoms with Crippen LogP contribution in [0.25, 0.3) is 10.9 Å². The van der Waals surface area contributed by atoms with Crippen molar-refractivity contribution in [1.82, 2.24) is 14.5 Å². The van der Waals surface area contributed by atoms with Gasteiger partial charge < -0.3 is 9.80 Å². The van der Waals surface area contributed by atoms with Crippen molar-refractivity contribution in [3.05, 3.63) is 70.3 Å². The van der Waals surface area contributed by atoms with Gasteiger partial charge in [-0.2, -0.15) is 0 Å². The highest BCUT2D eigenvalue weighted by molar-refractivity contribution is 5.78. The predicted molar refractivity (Wildman–Crippen MR) is 115 cm³/mol. The molecule has 0 saturated carbocycles. The smallest absolute Gasteiger partial charge is 0.261 e. The van der Waals surface area contributed by atoms with E-state index in [1.165, 1.54) is 27.7 Å². The molecule has 0 aliphatic carbocycles. The second kappa shape index (κ2) is 8.07. The fraction of sp³-hybridized carbons (Fsp3) is 0.348. The lowest BCUT2D eigenvalue weighted by Gasteiger charge is -2.37. The highest BCUT2D eigenvalue weighted by Gasteiger charge is 2.22. The van der Waals surface area contributed by atoms with E-state index in [1.54, 1.807) is 6.07 Å². The quantitative estimate of drug-likeness (QED) is 0.687. The Hall–Kier alpha value is -3.15. The summed E-state index contributed by atoms with van der Waals surface area (Å²) in [4.78, 5) is 33.8. The Balaban J connectivity index is 1.36. The van der Waals surface area contributed by atoms with Gasteiger partial charge in [-0.15, -0.1) is 0 Å². The van der Waals surface area contributed by atoms with Crippen LogP contribution in [0, 0.1) is 13.8 Å². The molecule has 1 saturated heterocycles. The number of aryl methyl sites for hydroxylation is 3. The summed E-state index contributed by atoms with van der Waals surface area (Å²) in [5, 5.41) is 0.588. The molecule has 1 aromatic heterocycles. The van der Waals surface area contributed by atoms with Crippen molar-refractivity contribution in [3.63, 3.8) is 0 Å². The lowest BCUT2D eigenvalue weighted by Crippen LogP contribution is -2.49. The minimum absolute atomic E-state index is 0.0886. The lowest BCUT2D eigenvalue weighted by molar-refractivity contribution is -0.131. The Morgan fingerprint density at radius 3 is 2.59 bits per heavy atom. The van der Waals surface area contributed by atoms with Crippen molar-refractivity contribution < 1.29 is 4.79 Å². The van der Waals surface area contributed by atoms with Gasteiger partial charge in [0, 0.05) is 44.8 Å². The van der Waals surface area contributed by atoms with Gasteiger partial charge in [0.15, 0.2) is 0 Å². The van der Waals surface area contributed by atoms with E-state index in [-0.39, 0.29) is 11.5 Å². The predicted octanol–water partition coefficient (Wildman–Crippen LogP) is 2.75. The number of fused-ring (bicyclic) bond motifs is 1. The summed E-state index contributed by atoms with van der Waals surface area (Å²) in [6, 6.07) is 13.8. The maximum Gasteiger partial charge on any atom is 0.261 e. The second-order valence-electron chi connectivity index (χ2n) is 7.67. The van der Waals surface area contributed by atoms with Crippen LogP contribution in [0.15, 0.2) is 53.6 Å². The van der Waals surface area contributed by atoms with Gasteiger partial charge in [0.1, 0.15) is 0 Å². The number of amides is 1. The van der Waals surface area contributed by atoms with E-state index in [9.17, 15) is 9.59 Å². The monoisotopic (exact) mass is 390 g/mol. The van der Waals surface area contributed by atoms with E-state index >= 15 is 0 Å². The lowest BCUT2D eigenvalue weighted by atomic mass is 10.1. The summed E-state index contributed by atoms with van der Waals surface area (Å²) in [6.45, 7) is 7.65. The molecule has 0 atom stereocenters. The number of nitrogens with zero attached hydrogens (tertiary/aromatic N) is 4. The summed E-state index contributed by atoms with van der Waals surface area (Å²) < 4.78 is 1.53. The molecule has 1 aliphatic heterocycles. The molecule has 3 aromatic rings. The minimum Gasteiger partial charge on any atom is -0.368 e. The molecule has 0 unspecified atom stereocenters.